The Kier molecular flexibility index (Phi) is 10.8. The van der Waals surface area contributed by atoms with Crippen LogP contribution >= 0.6 is 0 Å². The number of nitrogens with zero attached hydrogens (tertiary/aromatic N) is 2. The number of likely N-dealkylation sites (N-methyl/N-ethyl adjacent to an activating group) is 2. The third-order valence-electron chi connectivity index (χ3n) is 3.92. The molecule has 0 fully saturated rings. The first-order valence-electron chi connectivity index (χ1n) is 8.09. The summed E-state index contributed by atoms with van der Waals surface area (Å²) in [4.78, 5) is 13.8. The van der Waals surface area contributed by atoms with Crippen LogP contribution in [0.3, 0.4) is 0 Å². The molecule has 1 N–H and O–H groups in total. The van der Waals surface area contributed by atoms with Crippen molar-refractivity contribution >= 4 is 5.91 Å². The summed E-state index contributed by atoms with van der Waals surface area (Å²) in [5, 5.41) is 8.98. The van der Waals surface area contributed by atoms with E-state index >= 15 is 0 Å². The van der Waals surface area contributed by atoms with E-state index in [0.29, 0.717) is 6.42 Å². The molecule has 0 bridgehead atoms. The molecular weight excluding hydrogens is 252 g/mol. The average Bonchev–Trinajstić information content (AvgIpc) is 2.39. The summed E-state index contributed by atoms with van der Waals surface area (Å²) in [7, 11) is 6.06. The minimum absolute atomic E-state index is 0.197. The minimum Gasteiger partial charge on any atom is -0.391 e. The zero-order chi connectivity index (χ0) is 15.4. The lowest BCUT2D eigenvalue weighted by atomic mass is 10.1. The van der Waals surface area contributed by atoms with E-state index in [1.165, 1.54) is 32.1 Å². The second kappa shape index (κ2) is 11.1. The van der Waals surface area contributed by atoms with Gasteiger partial charge in [-0.3, -0.25) is 4.79 Å². The van der Waals surface area contributed by atoms with Crippen LogP contribution in [0.5, 0.6) is 0 Å². The van der Waals surface area contributed by atoms with E-state index in [0.717, 1.165) is 30.5 Å². The average molecular weight is 287 g/mol. The molecule has 0 spiro atoms. The van der Waals surface area contributed by atoms with Gasteiger partial charge in [0.15, 0.2) is 0 Å². The van der Waals surface area contributed by atoms with Crippen molar-refractivity contribution in [2.75, 3.05) is 47.4 Å². The first-order valence-corrected chi connectivity index (χ1v) is 8.09. The molecule has 1 amide bonds. The second-order valence-corrected chi connectivity index (χ2v) is 6.44. The highest BCUT2D eigenvalue weighted by atomic mass is 16.3. The number of amides is 1. The third-order valence-corrected chi connectivity index (χ3v) is 3.92. The van der Waals surface area contributed by atoms with Gasteiger partial charge in [0.25, 0.3) is 0 Å². The Bertz CT molecular complexity index is 255. The van der Waals surface area contributed by atoms with Crippen molar-refractivity contribution in [3.05, 3.63) is 0 Å². The first kappa shape index (κ1) is 19.4. The van der Waals surface area contributed by atoms with Gasteiger partial charge in [-0.1, -0.05) is 39.0 Å². The van der Waals surface area contributed by atoms with E-state index in [4.69, 9.17) is 5.11 Å². The third kappa shape index (κ3) is 10.2. The van der Waals surface area contributed by atoms with Crippen molar-refractivity contribution in [2.45, 2.75) is 51.9 Å². The number of carbonyl (C=O) groups excluding carboxylic acids is 1. The first-order chi connectivity index (χ1) is 9.43. The monoisotopic (exact) mass is 287 g/mol. The molecule has 4 nitrogen and oxygen atoms in total. The predicted octanol–water partition coefficient (Wildman–Crippen LogP) is 2.26. The van der Waals surface area contributed by atoms with Crippen LogP contribution in [0.1, 0.15) is 51.9 Å². The molecule has 0 aliphatic rings. The van der Waals surface area contributed by atoms with Crippen LogP contribution < -0.4 is 0 Å². The number of quaternary nitrogens is 1. The topological polar surface area (TPSA) is 40.5 Å². The van der Waals surface area contributed by atoms with Crippen molar-refractivity contribution < 1.29 is 14.4 Å². The summed E-state index contributed by atoms with van der Waals surface area (Å²) in [5.41, 5.74) is 0. The van der Waals surface area contributed by atoms with Gasteiger partial charge in [0.2, 0.25) is 5.91 Å². The van der Waals surface area contributed by atoms with E-state index in [2.05, 4.69) is 21.0 Å². The highest BCUT2D eigenvalue weighted by Gasteiger charge is 2.16. The van der Waals surface area contributed by atoms with E-state index in [-0.39, 0.29) is 12.5 Å². The zero-order valence-corrected chi connectivity index (χ0v) is 14.0. The van der Waals surface area contributed by atoms with E-state index in [9.17, 15) is 4.79 Å². The number of aliphatic hydroxyl groups excluding tert-OH is 1. The lowest BCUT2D eigenvalue weighted by molar-refractivity contribution is -0.890. The molecule has 120 valence electrons. The summed E-state index contributed by atoms with van der Waals surface area (Å²) in [6.07, 6.45) is 8.00. The molecule has 4 heteroatoms. The normalized spacial score (nSPS) is 11.7. The fourth-order valence-corrected chi connectivity index (χ4v) is 2.18. The number of aliphatic hydroxyl groups is 1. The van der Waals surface area contributed by atoms with E-state index in [1.54, 1.807) is 0 Å². The standard InChI is InChI=1S/C16H35N2O2/c1-5-6-7-8-9-10-11-16(20)17(2)12-13-18(3,4)14-15-19/h19H,5-15H2,1-4H3/q+1. The molecule has 0 atom stereocenters. The summed E-state index contributed by atoms with van der Waals surface area (Å²) in [6.45, 7) is 4.80. The Morgan fingerprint density at radius 3 is 2.25 bits per heavy atom. The predicted molar refractivity (Wildman–Crippen MR) is 84.6 cm³/mol. The quantitative estimate of drug-likeness (QED) is 0.442. The molecule has 20 heavy (non-hydrogen) atoms. The largest absolute Gasteiger partial charge is 0.391 e. The lowest BCUT2D eigenvalue weighted by Crippen LogP contribution is -2.47. The summed E-state index contributed by atoms with van der Waals surface area (Å²) < 4.78 is 0.755. The SMILES string of the molecule is CCCCCCCCC(=O)N(C)CC[N+](C)(C)CCO. The summed E-state index contributed by atoms with van der Waals surface area (Å²) in [5.74, 6) is 0.254. The molecular formula is C16H35N2O2+. The maximum Gasteiger partial charge on any atom is 0.222 e. The maximum atomic E-state index is 12.0. The molecule has 0 heterocycles. The van der Waals surface area contributed by atoms with Crippen LogP contribution in [0.15, 0.2) is 0 Å². The number of hydrogen-bond donors (Lipinski definition) is 1. The molecule has 0 saturated heterocycles. The minimum atomic E-state index is 0.197. The van der Waals surface area contributed by atoms with Gasteiger partial charge in [-0.05, 0) is 6.42 Å². The molecule has 0 aromatic carbocycles. The smallest absolute Gasteiger partial charge is 0.222 e. The Morgan fingerprint density at radius 1 is 1.05 bits per heavy atom. The molecule has 0 aliphatic carbocycles. The highest BCUT2D eigenvalue weighted by molar-refractivity contribution is 5.75. The van der Waals surface area contributed by atoms with Gasteiger partial charge < -0.3 is 14.5 Å². The molecule has 0 rings (SSSR count). The van der Waals surface area contributed by atoms with Crippen LogP contribution in [0.25, 0.3) is 0 Å². The van der Waals surface area contributed by atoms with Crippen LogP contribution in [0, 0.1) is 0 Å². The van der Waals surface area contributed by atoms with Crippen molar-refractivity contribution in [3.8, 4) is 0 Å². The Balaban J connectivity index is 3.71. The van der Waals surface area contributed by atoms with E-state index < -0.39 is 0 Å². The fraction of sp³-hybridized carbons (Fsp3) is 0.938. The zero-order valence-electron chi connectivity index (χ0n) is 14.0. The van der Waals surface area contributed by atoms with Gasteiger partial charge in [-0.2, -0.15) is 0 Å². The van der Waals surface area contributed by atoms with Crippen LogP contribution in [0.2, 0.25) is 0 Å². The number of rotatable bonds is 12. The van der Waals surface area contributed by atoms with Crippen molar-refractivity contribution in [1.29, 1.82) is 0 Å². The Morgan fingerprint density at radius 2 is 1.65 bits per heavy atom. The molecule has 0 unspecified atom stereocenters. The van der Waals surface area contributed by atoms with Gasteiger partial charge in [-0.25, -0.2) is 0 Å². The lowest BCUT2D eigenvalue weighted by Gasteiger charge is -2.31. The van der Waals surface area contributed by atoms with Gasteiger partial charge in [0, 0.05) is 13.5 Å². The van der Waals surface area contributed by atoms with Crippen molar-refractivity contribution in [1.82, 2.24) is 4.90 Å². The highest BCUT2D eigenvalue weighted by Crippen LogP contribution is 2.08. The maximum absolute atomic E-state index is 12.0. The molecule has 0 aromatic heterocycles. The number of hydrogen-bond acceptors (Lipinski definition) is 2. The van der Waals surface area contributed by atoms with Crippen LogP contribution in [0.4, 0.5) is 0 Å². The Hall–Kier alpha value is -0.610. The summed E-state index contributed by atoms with van der Waals surface area (Å²) in [6, 6.07) is 0. The molecule has 0 radical (unpaired) electrons. The van der Waals surface area contributed by atoms with Crippen LogP contribution in [-0.4, -0.2) is 67.8 Å². The van der Waals surface area contributed by atoms with Gasteiger partial charge in [0.1, 0.15) is 6.54 Å². The van der Waals surface area contributed by atoms with Gasteiger partial charge in [-0.15, -0.1) is 0 Å². The number of carbonyl (C=O) groups is 1. The molecule has 0 saturated carbocycles. The Labute approximate surface area is 125 Å². The van der Waals surface area contributed by atoms with E-state index in [1.807, 2.05) is 11.9 Å². The molecule has 0 aromatic rings. The van der Waals surface area contributed by atoms with Gasteiger partial charge >= 0.3 is 0 Å². The number of unbranched alkanes of at least 4 members (excludes halogenated alkanes) is 5. The van der Waals surface area contributed by atoms with Crippen molar-refractivity contribution in [2.24, 2.45) is 0 Å². The second-order valence-electron chi connectivity index (χ2n) is 6.44. The van der Waals surface area contributed by atoms with Crippen LogP contribution in [-0.2, 0) is 4.79 Å². The summed E-state index contributed by atoms with van der Waals surface area (Å²) >= 11 is 0. The van der Waals surface area contributed by atoms with Gasteiger partial charge in [0.05, 0.1) is 33.8 Å². The molecule has 0 aliphatic heterocycles. The fourth-order valence-electron chi connectivity index (χ4n) is 2.18. The van der Waals surface area contributed by atoms with Crippen molar-refractivity contribution in [3.63, 3.8) is 0 Å².